The van der Waals surface area contributed by atoms with Crippen LogP contribution in [0.3, 0.4) is 0 Å². The van der Waals surface area contributed by atoms with Crippen molar-refractivity contribution in [1.29, 1.82) is 0 Å². The number of nitro benzene ring substituents is 1. The van der Waals surface area contributed by atoms with Crippen LogP contribution in [0.2, 0.25) is 0 Å². The van der Waals surface area contributed by atoms with Gasteiger partial charge < -0.3 is 5.32 Å². The van der Waals surface area contributed by atoms with Crippen LogP contribution in [0.4, 0.5) is 5.69 Å². The molecule has 1 aliphatic heterocycles. The van der Waals surface area contributed by atoms with Crippen LogP contribution in [-0.4, -0.2) is 33.0 Å². The van der Waals surface area contributed by atoms with Gasteiger partial charge >= 0.3 is 0 Å². The summed E-state index contributed by atoms with van der Waals surface area (Å²) in [5, 5.41) is 13.9. The maximum Gasteiger partial charge on any atom is 0.269 e. The first-order chi connectivity index (χ1) is 10.5. The number of nitro groups is 1. The van der Waals surface area contributed by atoms with Gasteiger partial charge in [0.2, 0.25) is 10.0 Å². The number of piperidine rings is 1. The molecule has 1 aromatic carbocycles. The molecule has 22 heavy (non-hydrogen) atoms. The molecular weight excluding hydrogens is 306 g/mol. The molecule has 0 aliphatic carbocycles. The number of rotatable bonds is 7. The van der Waals surface area contributed by atoms with Gasteiger partial charge in [-0.05, 0) is 43.8 Å². The van der Waals surface area contributed by atoms with Crippen molar-refractivity contribution in [1.82, 2.24) is 10.0 Å². The summed E-state index contributed by atoms with van der Waals surface area (Å²) < 4.78 is 26.6. The fourth-order valence-electron chi connectivity index (χ4n) is 2.57. The van der Waals surface area contributed by atoms with Crippen molar-refractivity contribution in [2.24, 2.45) is 5.92 Å². The van der Waals surface area contributed by atoms with Gasteiger partial charge in [-0.25, -0.2) is 13.1 Å². The fourth-order valence-corrected chi connectivity index (χ4v) is 3.74. The minimum Gasteiger partial charge on any atom is -0.316 e. The van der Waals surface area contributed by atoms with Crippen LogP contribution in [0.25, 0.3) is 0 Å². The number of hydrogen-bond acceptors (Lipinski definition) is 5. The monoisotopic (exact) mass is 327 g/mol. The third-order valence-electron chi connectivity index (χ3n) is 3.78. The predicted molar refractivity (Wildman–Crippen MR) is 83.9 cm³/mol. The Labute approximate surface area is 130 Å². The zero-order valence-electron chi connectivity index (χ0n) is 12.3. The van der Waals surface area contributed by atoms with Crippen molar-refractivity contribution in [2.45, 2.75) is 25.0 Å². The lowest BCUT2D eigenvalue weighted by Gasteiger charge is -2.22. The summed E-state index contributed by atoms with van der Waals surface area (Å²) in [5.41, 5.74) is 0.497. The Morgan fingerprint density at radius 3 is 2.64 bits per heavy atom. The van der Waals surface area contributed by atoms with E-state index in [0.29, 0.717) is 18.0 Å². The Balaban J connectivity index is 1.81. The van der Waals surface area contributed by atoms with E-state index in [2.05, 4.69) is 10.0 Å². The van der Waals surface area contributed by atoms with E-state index in [9.17, 15) is 18.5 Å². The molecule has 1 unspecified atom stereocenters. The maximum atomic E-state index is 12.0. The third kappa shape index (κ3) is 5.36. The summed E-state index contributed by atoms with van der Waals surface area (Å²) in [7, 11) is -3.41. The lowest BCUT2D eigenvalue weighted by molar-refractivity contribution is -0.384. The van der Waals surface area contributed by atoms with Crippen LogP contribution in [0.5, 0.6) is 0 Å². The second-order valence-electron chi connectivity index (χ2n) is 5.58. The first kappa shape index (κ1) is 16.9. The highest BCUT2D eigenvalue weighted by atomic mass is 32.2. The Kier molecular flexibility index (Phi) is 5.87. The molecule has 1 saturated heterocycles. The largest absolute Gasteiger partial charge is 0.316 e. The molecular formula is C14H21N3O4S. The zero-order valence-corrected chi connectivity index (χ0v) is 13.1. The van der Waals surface area contributed by atoms with E-state index < -0.39 is 14.9 Å². The molecule has 0 bridgehead atoms. The molecule has 0 saturated carbocycles. The van der Waals surface area contributed by atoms with Crippen LogP contribution >= 0.6 is 0 Å². The quantitative estimate of drug-likeness (QED) is 0.582. The Morgan fingerprint density at radius 1 is 1.32 bits per heavy atom. The molecule has 1 heterocycles. The van der Waals surface area contributed by atoms with Crippen LogP contribution < -0.4 is 10.0 Å². The van der Waals surface area contributed by atoms with Crippen molar-refractivity contribution in [3.8, 4) is 0 Å². The second kappa shape index (κ2) is 7.66. The van der Waals surface area contributed by atoms with Crippen LogP contribution in [0, 0.1) is 16.0 Å². The SMILES string of the molecule is O=[N+]([O-])c1ccc(CS(=O)(=O)NCCC2CCCNC2)cc1. The molecule has 1 aromatic rings. The van der Waals surface area contributed by atoms with Gasteiger partial charge in [0.1, 0.15) is 0 Å². The average molecular weight is 327 g/mol. The van der Waals surface area contributed by atoms with Crippen LogP contribution in [-0.2, 0) is 15.8 Å². The molecule has 8 heteroatoms. The fraction of sp³-hybridized carbons (Fsp3) is 0.571. The minimum absolute atomic E-state index is 0.0427. The topological polar surface area (TPSA) is 101 Å². The predicted octanol–water partition coefficient (Wildman–Crippen LogP) is 1.40. The van der Waals surface area contributed by atoms with E-state index >= 15 is 0 Å². The van der Waals surface area contributed by atoms with E-state index in [1.807, 2.05) is 0 Å². The maximum absolute atomic E-state index is 12.0. The van der Waals surface area contributed by atoms with Gasteiger partial charge in [0, 0.05) is 18.7 Å². The normalized spacial score (nSPS) is 19.0. The van der Waals surface area contributed by atoms with E-state index in [4.69, 9.17) is 0 Å². The summed E-state index contributed by atoms with van der Waals surface area (Å²) in [6.45, 7) is 2.42. The van der Waals surface area contributed by atoms with Crippen molar-refractivity contribution >= 4 is 15.7 Å². The summed E-state index contributed by atoms with van der Waals surface area (Å²) in [4.78, 5) is 10.1. The molecule has 2 rings (SSSR count). The van der Waals surface area contributed by atoms with E-state index in [-0.39, 0.29) is 11.4 Å². The summed E-state index contributed by atoms with van der Waals surface area (Å²) in [5.74, 6) is 0.365. The summed E-state index contributed by atoms with van der Waals surface area (Å²) in [6.07, 6.45) is 3.10. The molecule has 1 fully saturated rings. The van der Waals surface area contributed by atoms with Gasteiger partial charge in [0.15, 0.2) is 0 Å². The lowest BCUT2D eigenvalue weighted by atomic mass is 9.96. The van der Waals surface area contributed by atoms with Crippen molar-refractivity contribution < 1.29 is 13.3 Å². The molecule has 0 amide bonds. The lowest BCUT2D eigenvalue weighted by Crippen LogP contribution is -2.33. The molecule has 2 N–H and O–H groups in total. The van der Waals surface area contributed by atoms with Gasteiger partial charge in [0.05, 0.1) is 10.7 Å². The molecule has 1 atom stereocenters. The standard InChI is InChI=1S/C14H21N3O4S/c18-17(19)14-5-3-13(4-6-14)11-22(20,21)16-9-7-12-2-1-8-15-10-12/h3-6,12,15-16H,1-2,7-11H2. The van der Waals surface area contributed by atoms with E-state index in [1.165, 1.54) is 24.3 Å². The Hall–Kier alpha value is -1.51. The average Bonchev–Trinajstić information content (AvgIpc) is 2.48. The van der Waals surface area contributed by atoms with Crippen molar-refractivity contribution in [3.05, 3.63) is 39.9 Å². The van der Waals surface area contributed by atoms with Gasteiger partial charge in [-0.2, -0.15) is 0 Å². The number of sulfonamides is 1. The molecule has 7 nitrogen and oxygen atoms in total. The van der Waals surface area contributed by atoms with Crippen LogP contribution in [0.15, 0.2) is 24.3 Å². The molecule has 0 spiro atoms. The summed E-state index contributed by atoms with van der Waals surface area (Å²) >= 11 is 0. The number of non-ortho nitro benzene ring substituents is 1. The third-order valence-corrected chi connectivity index (χ3v) is 5.13. The number of nitrogens with zero attached hydrogens (tertiary/aromatic N) is 1. The Bertz CT molecular complexity index is 595. The van der Waals surface area contributed by atoms with Gasteiger partial charge in [-0.1, -0.05) is 12.1 Å². The smallest absolute Gasteiger partial charge is 0.269 e. The van der Waals surface area contributed by atoms with E-state index in [0.717, 1.165) is 32.4 Å². The minimum atomic E-state index is -3.41. The van der Waals surface area contributed by atoms with E-state index in [1.54, 1.807) is 0 Å². The second-order valence-corrected chi connectivity index (χ2v) is 7.38. The van der Waals surface area contributed by atoms with Crippen molar-refractivity contribution in [2.75, 3.05) is 19.6 Å². The van der Waals surface area contributed by atoms with Gasteiger partial charge in [-0.15, -0.1) is 0 Å². The first-order valence-electron chi connectivity index (χ1n) is 7.38. The van der Waals surface area contributed by atoms with Crippen LogP contribution in [0.1, 0.15) is 24.8 Å². The Morgan fingerprint density at radius 2 is 2.05 bits per heavy atom. The summed E-state index contributed by atoms with van der Waals surface area (Å²) in [6, 6.07) is 5.59. The van der Waals surface area contributed by atoms with Gasteiger partial charge in [-0.3, -0.25) is 10.1 Å². The zero-order chi connectivity index (χ0) is 16.0. The first-order valence-corrected chi connectivity index (χ1v) is 9.03. The van der Waals surface area contributed by atoms with Gasteiger partial charge in [0.25, 0.3) is 5.69 Å². The number of hydrogen-bond donors (Lipinski definition) is 2. The molecule has 122 valence electrons. The molecule has 1 aliphatic rings. The molecule has 0 aromatic heterocycles. The molecule has 0 radical (unpaired) electrons. The van der Waals surface area contributed by atoms with Crippen molar-refractivity contribution in [3.63, 3.8) is 0 Å². The highest BCUT2D eigenvalue weighted by Gasteiger charge is 2.16. The number of benzene rings is 1. The number of nitrogens with one attached hydrogen (secondary N) is 2. The highest BCUT2D eigenvalue weighted by molar-refractivity contribution is 7.88. The highest BCUT2D eigenvalue weighted by Crippen LogP contribution is 2.15.